The van der Waals surface area contributed by atoms with Gasteiger partial charge in [0.1, 0.15) is 11.6 Å². The smallest absolute Gasteiger partial charge is 0.268 e. The molecule has 0 saturated carbocycles. The average Bonchev–Trinajstić information content (AvgIpc) is 3.57. The van der Waals surface area contributed by atoms with Crippen molar-refractivity contribution in [1.82, 2.24) is 25.6 Å². The van der Waals surface area contributed by atoms with E-state index in [0.717, 1.165) is 11.6 Å². The molecular weight excluding hydrogens is 469 g/mol. The molecule has 4 rings (SSSR count). The Morgan fingerprint density at radius 2 is 1.75 bits per heavy atom. The Morgan fingerprint density at radius 1 is 1.06 bits per heavy atom. The van der Waals surface area contributed by atoms with Crippen LogP contribution in [0.2, 0.25) is 0 Å². The Bertz CT molecular complexity index is 1320. The molecule has 2 aromatic carbocycles. The molecule has 0 aliphatic rings. The van der Waals surface area contributed by atoms with E-state index in [4.69, 9.17) is 18.9 Å². The minimum Gasteiger partial charge on any atom is -0.481 e. The Labute approximate surface area is 206 Å². The van der Waals surface area contributed by atoms with Crippen LogP contribution in [0.4, 0.5) is 4.39 Å². The molecular formula is C25H26FN5O5. The summed E-state index contributed by atoms with van der Waals surface area (Å²) in [5, 5.41) is 19.5. The third-order valence-corrected chi connectivity index (χ3v) is 5.37. The molecule has 2 atom stereocenters. The van der Waals surface area contributed by atoms with E-state index in [0.29, 0.717) is 35.9 Å². The molecule has 0 aliphatic heterocycles. The number of benzene rings is 2. The first-order chi connectivity index (χ1) is 17.4. The average molecular weight is 496 g/mol. The van der Waals surface area contributed by atoms with Gasteiger partial charge in [0.2, 0.25) is 17.5 Å². The second-order valence-corrected chi connectivity index (χ2v) is 8.11. The number of amides is 1. The van der Waals surface area contributed by atoms with Gasteiger partial charge in [0, 0.05) is 23.6 Å². The van der Waals surface area contributed by atoms with E-state index in [-0.39, 0.29) is 23.9 Å². The first-order valence-corrected chi connectivity index (χ1v) is 11.6. The van der Waals surface area contributed by atoms with Gasteiger partial charge in [0.15, 0.2) is 6.10 Å². The van der Waals surface area contributed by atoms with Gasteiger partial charge >= 0.3 is 0 Å². The summed E-state index contributed by atoms with van der Waals surface area (Å²) in [4.78, 5) is 20.8. The van der Waals surface area contributed by atoms with Crippen LogP contribution in [-0.2, 0) is 6.42 Å². The normalized spacial score (nSPS) is 12.8. The number of aromatic nitrogens is 4. The molecule has 11 heteroatoms. The van der Waals surface area contributed by atoms with E-state index in [1.165, 1.54) is 12.1 Å². The number of carbonyl (C=O) groups excluding carboxylic acids is 1. The summed E-state index contributed by atoms with van der Waals surface area (Å²) >= 11 is 0. The van der Waals surface area contributed by atoms with Crippen molar-refractivity contribution >= 4 is 5.91 Å². The summed E-state index contributed by atoms with van der Waals surface area (Å²) in [5.74, 6) is 0.705. The molecule has 0 aliphatic carbocycles. The van der Waals surface area contributed by atoms with Gasteiger partial charge in [-0.15, -0.1) is 0 Å². The fraction of sp³-hybridized carbons (Fsp3) is 0.320. The summed E-state index contributed by atoms with van der Waals surface area (Å²) in [6.45, 7) is 5.21. The second kappa shape index (κ2) is 11.1. The minimum atomic E-state index is -0.738. The molecule has 188 valence electrons. The lowest BCUT2D eigenvalue weighted by atomic mass is 10.1. The van der Waals surface area contributed by atoms with E-state index in [2.05, 4.69) is 25.6 Å². The highest BCUT2D eigenvalue weighted by Gasteiger charge is 2.22. The van der Waals surface area contributed by atoms with Crippen molar-refractivity contribution < 1.29 is 28.1 Å². The molecule has 0 spiro atoms. The number of ether oxygens (including phenoxy) is 1. The molecule has 0 bridgehead atoms. The van der Waals surface area contributed by atoms with E-state index in [1.807, 2.05) is 26.0 Å². The lowest BCUT2D eigenvalue weighted by molar-refractivity contribution is 0.0918. The number of hydrogen-bond acceptors (Lipinski definition) is 9. The predicted octanol–water partition coefficient (Wildman–Crippen LogP) is 4.13. The van der Waals surface area contributed by atoms with Crippen LogP contribution in [0.25, 0.3) is 22.8 Å². The topological polar surface area (TPSA) is 136 Å². The van der Waals surface area contributed by atoms with Crippen molar-refractivity contribution in [3.05, 3.63) is 65.6 Å². The number of nitrogens with one attached hydrogen (secondary N) is 1. The lowest BCUT2D eigenvalue weighted by Crippen LogP contribution is -2.35. The number of aliphatic hydroxyl groups excluding tert-OH is 1. The van der Waals surface area contributed by atoms with Crippen molar-refractivity contribution in [2.24, 2.45) is 0 Å². The molecule has 2 N–H and O–H groups in total. The highest BCUT2D eigenvalue weighted by Crippen LogP contribution is 2.28. The summed E-state index contributed by atoms with van der Waals surface area (Å²) in [6, 6.07) is 10.8. The maximum atomic E-state index is 14.6. The highest BCUT2D eigenvalue weighted by molar-refractivity contribution is 5.95. The van der Waals surface area contributed by atoms with Gasteiger partial charge in [-0.2, -0.15) is 9.97 Å². The van der Waals surface area contributed by atoms with Gasteiger partial charge in [-0.05, 0) is 49.7 Å². The zero-order valence-electron chi connectivity index (χ0n) is 20.1. The summed E-state index contributed by atoms with van der Waals surface area (Å²) < 4.78 is 31.2. The minimum absolute atomic E-state index is 0.146. The maximum Gasteiger partial charge on any atom is 0.268 e. The number of halogens is 1. The van der Waals surface area contributed by atoms with Crippen molar-refractivity contribution in [3.8, 4) is 28.5 Å². The molecule has 4 aromatic rings. The monoisotopic (exact) mass is 495 g/mol. The molecule has 2 heterocycles. The quantitative estimate of drug-likeness (QED) is 0.333. The number of nitrogens with zero attached hydrogens (tertiary/aromatic N) is 4. The van der Waals surface area contributed by atoms with Crippen LogP contribution in [0.3, 0.4) is 0 Å². The van der Waals surface area contributed by atoms with Crippen LogP contribution in [0.5, 0.6) is 5.75 Å². The van der Waals surface area contributed by atoms with Crippen molar-refractivity contribution in [2.75, 3.05) is 6.61 Å². The molecule has 2 aromatic heterocycles. The fourth-order valence-corrected chi connectivity index (χ4v) is 3.34. The third kappa shape index (κ3) is 5.57. The first kappa shape index (κ1) is 25.0. The standard InChI is InChI=1S/C25H26FN5O5/c1-4-20(34-17-9-6-15(7-10-17)22-28-21(5-2)35-30-22)25-29-23(31-36-25)16-8-11-18(19(26)12-16)24(33)27-14(3)13-32/h6-12,14,20,32H,4-5,13H2,1-3H3,(H,27,33)/t14-,20?/m1/s1. The molecule has 0 radical (unpaired) electrons. The van der Waals surface area contributed by atoms with Gasteiger partial charge in [0.05, 0.1) is 12.2 Å². The van der Waals surface area contributed by atoms with Crippen LogP contribution < -0.4 is 10.1 Å². The molecule has 1 unspecified atom stereocenters. The van der Waals surface area contributed by atoms with E-state index in [1.54, 1.807) is 19.1 Å². The number of aryl methyl sites for hydroxylation is 1. The third-order valence-electron chi connectivity index (χ3n) is 5.37. The van der Waals surface area contributed by atoms with Crippen molar-refractivity contribution in [3.63, 3.8) is 0 Å². The highest BCUT2D eigenvalue weighted by atomic mass is 19.1. The first-order valence-electron chi connectivity index (χ1n) is 11.6. The van der Waals surface area contributed by atoms with E-state index < -0.39 is 23.9 Å². The van der Waals surface area contributed by atoms with Crippen LogP contribution in [0, 0.1) is 5.82 Å². The molecule has 0 saturated heterocycles. The van der Waals surface area contributed by atoms with Crippen LogP contribution in [0.1, 0.15) is 55.4 Å². The zero-order valence-corrected chi connectivity index (χ0v) is 20.1. The summed E-state index contributed by atoms with van der Waals surface area (Å²) in [7, 11) is 0. The Morgan fingerprint density at radius 3 is 2.39 bits per heavy atom. The second-order valence-electron chi connectivity index (χ2n) is 8.11. The molecule has 10 nitrogen and oxygen atoms in total. The fourth-order valence-electron chi connectivity index (χ4n) is 3.34. The van der Waals surface area contributed by atoms with Gasteiger partial charge < -0.3 is 24.2 Å². The SMILES string of the molecule is CCc1nc(-c2ccc(OC(CC)c3nc(-c4ccc(C(=O)N[C@H](C)CO)c(F)c4)no3)cc2)no1. The molecule has 36 heavy (non-hydrogen) atoms. The number of carbonyl (C=O) groups is 1. The molecule has 0 fully saturated rings. The van der Waals surface area contributed by atoms with Gasteiger partial charge in [-0.25, -0.2) is 4.39 Å². The van der Waals surface area contributed by atoms with E-state index >= 15 is 0 Å². The van der Waals surface area contributed by atoms with Crippen LogP contribution in [0.15, 0.2) is 51.5 Å². The van der Waals surface area contributed by atoms with Gasteiger partial charge in [-0.1, -0.05) is 30.2 Å². The van der Waals surface area contributed by atoms with Gasteiger partial charge in [0.25, 0.3) is 11.8 Å². The van der Waals surface area contributed by atoms with Crippen LogP contribution >= 0.6 is 0 Å². The number of rotatable bonds is 10. The Balaban J connectivity index is 1.46. The largest absolute Gasteiger partial charge is 0.481 e. The predicted molar refractivity (Wildman–Crippen MR) is 126 cm³/mol. The molecule has 1 amide bonds. The van der Waals surface area contributed by atoms with E-state index in [9.17, 15) is 9.18 Å². The lowest BCUT2D eigenvalue weighted by Gasteiger charge is -2.13. The Kier molecular flexibility index (Phi) is 7.69. The Hall–Kier alpha value is -4.12. The van der Waals surface area contributed by atoms with Gasteiger partial charge in [-0.3, -0.25) is 4.79 Å². The van der Waals surface area contributed by atoms with Crippen molar-refractivity contribution in [1.29, 1.82) is 0 Å². The van der Waals surface area contributed by atoms with Crippen molar-refractivity contribution in [2.45, 2.75) is 45.8 Å². The zero-order chi connectivity index (χ0) is 25.7. The van der Waals surface area contributed by atoms with Crippen LogP contribution in [-0.4, -0.2) is 43.9 Å². The number of aliphatic hydroxyl groups is 1. The summed E-state index contributed by atoms with van der Waals surface area (Å²) in [5.41, 5.74) is 0.997. The maximum absolute atomic E-state index is 14.6. The summed E-state index contributed by atoms with van der Waals surface area (Å²) in [6.07, 6.45) is 0.683. The number of hydrogen-bond donors (Lipinski definition) is 2.